The van der Waals surface area contributed by atoms with E-state index in [1.165, 1.54) is 0 Å². The van der Waals surface area contributed by atoms with Gasteiger partial charge in [0, 0.05) is 0 Å². The van der Waals surface area contributed by atoms with Crippen LogP contribution in [0.4, 0.5) is 5.69 Å². The molecule has 0 aromatic heterocycles. The highest BCUT2D eigenvalue weighted by Gasteiger charge is 2.35. The van der Waals surface area contributed by atoms with E-state index in [-0.39, 0.29) is 5.25 Å². The van der Waals surface area contributed by atoms with Gasteiger partial charge in [-0.1, -0.05) is 0 Å². The Morgan fingerprint density at radius 3 is 2.50 bits per heavy atom. The van der Waals surface area contributed by atoms with Gasteiger partial charge in [-0.2, -0.15) is 0 Å². The van der Waals surface area contributed by atoms with Gasteiger partial charge in [-0.15, -0.1) is 0 Å². The maximum Gasteiger partial charge on any atom is 0.235 e. The molecule has 1 aliphatic rings. The van der Waals surface area contributed by atoms with Crippen molar-refractivity contribution < 1.29 is 13.2 Å². The Balaban J connectivity index is 2.26. The Kier molecular flexibility index (Phi) is 3.52. The summed E-state index contributed by atoms with van der Waals surface area (Å²) in [6, 6.07) is 3.71. The first-order valence-corrected chi connectivity index (χ1v) is 7.74. The molecule has 0 heterocycles. The number of rotatable bonds is 5. The number of sulfonamides is 1. The summed E-state index contributed by atoms with van der Waals surface area (Å²) in [6.45, 7) is 6.33. The van der Waals surface area contributed by atoms with Gasteiger partial charge in [0.1, 0.15) is 5.75 Å². The monoisotopic (exact) mass is 269 g/mol. The van der Waals surface area contributed by atoms with Gasteiger partial charge in [-0.3, -0.25) is 4.72 Å². The highest BCUT2D eigenvalue weighted by Crippen LogP contribution is 2.32. The van der Waals surface area contributed by atoms with Crippen LogP contribution in [-0.4, -0.2) is 20.3 Å². The highest BCUT2D eigenvalue weighted by molar-refractivity contribution is 7.93. The minimum atomic E-state index is -3.20. The second-order valence-electron chi connectivity index (χ2n) is 4.71. The number of ether oxygens (including phenoxy) is 1. The van der Waals surface area contributed by atoms with Gasteiger partial charge in [-0.25, -0.2) is 8.42 Å². The number of anilines is 1. The van der Waals surface area contributed by atoms with E-state index in [1.54, 1.807) is 0 Å². The van der Waals surface area contributed by atoms with E-state index in [4.69, 9.17) is 4.74 Å². The van der Waals surface area contributed by atoms with Crippen LogP contribution in [-0.2, 0) is 10.0 Å². The Hall–Kier alpha value is -1.23. The van der Waals surface area contributed by atoms with E-state index in [2.05, 4.69) is 4.72 Å². The van der Waals surface area contributed by atoms with Crippen molar-refractivity contribution in [1.29, 1.82) is 0 Å². The van der Waals surface area contributed by atoms with Crippen molar-refractivity contribution in [2.75, 3.05) is 11.3 Å². The second-order valence-corrected chi connectivity index (χ2v) is 6.67. The van der Waals surface area contributed by atoms with E-state index >= 15 is 0 Å². The quantitative estimate of drug-likeness (QED) is 0.894. The van der Waals surface area contributed by atoms with E-state index in [0.29, 0.717) is 12.3 Å². The molecule has 4 nitrogen and oxygen atoms in total. The second kappa shape index (κ2) is 4.80. The maximum atomic E-state index is 11.9. The number of aryl methyl sites for hydroxylation is 2. The molecular weight excluding hydrogens is 250 g/mol. The average Bonchev–Trinajstić information content (AvgIpc) is 3.09. The molecular formula is C13H19NO3S. The van der Waals surface area contributed by atoms with Gasteiger partial charge in [-0.05, 0) is 56.9 Å². The minimum absolute atomic E-state index is 0.205. The fourth-order valence-electron chi connectivity index (χ4n) is 1.83. The third kappa shape index (κ3) is 2.77. The molecule has 0 atom stereocenters. The molecule has 1 fully saturated rings. The molecule has 1 aromatic carbocycles. The Morgan fingerprint density at radius 1 is 1.28 bits per heavy atom. The molecule has 0 aliphatic heterocycles. The minimum Gasteiger partial charge on any atom is -0.494 e. The highest BCUT2D eigenvalue weighted by atomic mass is 32.2. The maximum absolute atomic E-state index is 11.9. The van der Waals surface area contributed by atoms with Crippen molar-refractivity contribution in [3.05, 3.63) is 23.3 Å². The Labute approximate surface area is 108 Å². The van der Waals surface area contributed by atoms with Gasteiger partial charge >= 0.3 is 0 Å². The van der Waals surface area contributed by atoms with Crippen LogP contribution in [0.2, 0.25) is 0 Å². The average molecular weight is 269 g/mol. The summed E-state index contributed by atoms with van der Waals surface area (Å²) in [5.41, 5.74) is 2.48. The molecule has 2 rings (SSSR count). The number of hydrogen-bond donors (Lipinski definition) is 1. The third-order valence-electron chi connectivity index (χ3n) is 3.04. The van der Waals surface area contributed by atoms with E-state index in [9.17, 15) is 8.42 Å². The lowest BCUT2D eigenvalue weighted by Gasteiger charge is -2.14. The zero-order valence-electron chi connectivity index (χ0n) is 11.0. The molecule has 1 N–H and O–H groups in total. The van der Waals surface area contributed by atoms with Gasteiger partial charge in [0.15, 0.2) is 0 Å². The van der Waals surface area contributed by atoms with Crippen LogP contribution in [0.1, 0.15) is 30.9 Å². The Morgan fingerprint density at radius 2 is 1.94 bits per heavy atom. The smallest absolute Gasteiger partial charge is 0.235 e. The Bertz CT molecular complexity index is 548. The molecule has 1 aliphatic carbocycles. The van der Waals surface area contributed by atoms with Crippen LogP contribution in [0.5, 0.6) is 5.75 Å². The van der Waals surface area contributed by atoms with Crippen LogP contribution in [0, 0.1) is 13.8 Å². The normalized spacial score (nSPS) is 15.5. The lowest BCUT2D eigenvalue weighted by Crippen LogP contribution is -2.18. The van der Waals surface area contributed by atoms with E-state index < -0.39 is 10.0 Å². The van der Waals surface area contributed by atoms with Crippen LogP contribution >= 0.6 is 0 Å². The third-order valence-corrected chi connectivity index (χ3v) is 4.89. The summed E-state index contributed by atoms with van der Waals surface area (Å²) in [4.78, 5) is 0. The zero-order valence-corrected chi connectivity index (χ0v) is 11.8. The molecule has 0 spiro atoms. The SMILES string of the molecule is CCOc1cc(C)c(NS(=O)(=O)C2CC2)cc1C. The van der Waals surface area contributed by atoms with Crippen LogP contribution in [0.15, 0.2) is 12.1 Å². The first kappa shape index (κ1) is 13.2. The first-order chi connectivity index (χ1) is 8.44. The lowest BCUT2D eigenvalue weighted by molar-refractivity contribution is 0.338. The molecule has 0 radical (unpaired) electrons. The standard InChI is InChI=1S/C13H19NO3S/c1-4-17-13-8-9(2)12(7-10(13)3)14-18(15,16)11-5-6-11/h7-8,11,14H,4-6H2,1-3H3. The summed E-state index contributed by atoms with van der Waals surface area (Å²) in [5, 5.41) is -0.205. The zero-order chi connectivity index (χ0) is 13.3. The van der Waals surface area contributed by atoms with Gasteiger partial charge in [0.05, 0.1) is 17.5 Å². The predicted octanol–water partition coefficient (Wildman–Crippen LogP) is 2.61. The van der Waals surface area contributed by atoms with Crippen LogP contribution < -0.4 is 9.46 Å². The molecule has 18 heavy (non-hydrogen) atoms. The van der Waals surface area contributed by atoms with E-state index in [1.807, 2.05) is 32.9 Å². The molecule has 1 saturated carbocycles. The number of nitrogens with one attached hydrogen (secondary N) is 1. The molecule has 100 valence electrons. The first-order valence-electron chi connectivity index (χ1n) is 6.19. The summed E-state index contributed by atoms with van der Waals surface area (Å²) in [5.74, 6) is 0.810. The van der Waals surface area contributed by atoms with Crippen LogP contribution in [0.3, 0.4) is 0 Å². The summed E-state index contributed by atoms with van der Waals surface area (Å²) < 4.78 is 31.9. The van der Waals surface area contributed by atoms with Crippen molar-refractivity contribution in [2.24, 2.45) is 0 Å². The van der Waals surface area contributed by atoms with Gasteiger partial charge in [0.2, 0.25) is 10.0 Å². The predicted molar refractivity (Wildman–Crippen MR) is 72.6 cm³/mol. The molecule has 0 saturated heterocycles. The lowest BCUT2D eigenvalue weighted by atomic mass is 10.1. The topological polar surface area (TPSA) is 55.4 Å². The fraction of sp³-hybridized carbons (Fsp3) is 0.538. The van der Waals surface area contributed by atoms with E-state index in [0.717, 1.165) is 29.7 Å². The van der Waals surface area contributed by atoms with Crippen molar-refractivity contribution in [3.8, 4) is 5.75 Å². The summed E-state index contributed by atoms with van der Waals surface area (Å²) in [6.07, 6.45) is 1.54. The fourth-order valence-corrected chi connectivity index (χ4v) is 3.28. The van der Waals surface area contributed by atoms with Crippen molar-refractivity contribution in [3.63, 3.8) is 0 Å². The number of benzene rings is 1. The largest absolute Gasteiger partial charge is 0.494 e. The van der Waals surface area contributed by atoms with Crippen molar-refractivity contribution in [2.45, 2.75) is 38.9 Å². The summed E-state index contributed by atoms with van der Waals surface area (Å²) in [7, 11) is -3.20. The molecule has 5 heteroatoms. The van der Waals surface area contributed by atoms with Crippen LogP contribution in [0.25, 0.3) is 0 Å². The van der Waals surface area contributed by atoms with Crippen molar-refractivity contribution >= 4 is 15.7 Å². The molecule has 0 unspecified atom stereocenters. The van der Waals surface area contributed by atoms with Gasteiger partial charge in [0.25, 0.3) is 0 Å². The number of hydrogen-bond acceptors (Lipinski definition) is 3. The molecule has 1 aromatic rings. The summed E-state index contributed by atoms with van der Waals surface area (Å²) >= 11 is 0. The molecule has 0 bridgehead atoms. The van der Waals surface area contributed by atoms with Gasteiger partial charge < -0.3 is 4.74 Å². The molecule has 0 amide bonds. The van der Waals surface area contributed by atoms with Crippen molar-refractivity contribution in [1.82, 2.24) is 0 Å².